The van der Waals surface area contributed by atoms with E-state index in [4.69, 9.17) is 9.47 Å². The number of likely N-dealkylation sites (tertiary alicyclic amines) is 1. The first-order valence-corrected chi connectivity index (χ1v) is 7.81. The van der Waals surface area contributed by atoms with Gasteiger partial charge in [-0.1, -0.05) is 30.3 Å². The van der Waals surface area contributed by atoms with Crippen LogP contribution in [0, 0.1) is 0 Å². The number of benzene rings is 1. The first-order valence-electron chi connectivity index (χ1n) is 7.81. The van der Waals surface area contributed by atoms with E-state index >= 15 is 0 Å². The Hall–Kier alpha value is -1.86. The molecule has 7 heteroatoms. The zero-order valence-electron chi connectivity index (χ0n) is 13.0. The molecule has 130 valence electrons. The Bertz CT molecular complexity index is 612. The number of ether oxygens (including phenoxy) is 2. The number of nitrogens with zero attached hydrogens (tertiary/aromatic N) is 1. The van der Waals surface area contributed by atoms with Gasteiger partial charge in [0.2, 0.25) is 5.91 Å². The highest BCUT2D eigenvalue weighted by molar-refractivity contribution is 5.96. The average molecular weight is 341 g/mol. The number of alkyl halides is 3. The van der Waals surface area contributed by atoms with Gasteiger partial charge in [-0.2, -0.15) is 13.2 Å². The number of amides is 1. The maximum Gasteiger partial charge on any atom is 0.417 e. The largest absolute Gasteiger partial charge is 0.417 e. The lowest BCUT2D eigenvalue weighted by Crippen LogP contribution is -2.47. The first-order chi connectivity index (χ1) is 11.4. The summed E-state index contributed by atoms with van der Waals surface area (Å²) in [6.07, 6.45) is -2.96. The number of hydrogen-bond donors (Lipinski definition) is 0. The molecular formula is C17H18F3NO3. The smallest absolute Gasteiger partial charge is 0.347 e. The third-order valence-electron chi connectivity index (χ3n) is 4.31. The van der Waals surface area contributed by atoms with Crippen molar-refractivity contribution in [3.05, 3.63) is 42.0 Å². The molecule has 2 saturated heterocycles. The van der Waals surface area contributed by atoms with Crippen molar-refractivity contribution in [2.24, 2.45) is 0 Å². The lowest BCUT2D eigenvalue weighted by atomic mass is 10.0. The molecule has 1 aromatic carbocycles. The second kappa shape index (κ2) is 6.57. The summed E-state index contributed by atoms with van der Waals surface area (Å²) in [6.45, 7) is 1.66. The van der Waals surface area contributed by atoms with Crippen molar-refractivity contribution in [1.82, 2.24) is 4.90 Å². The second-order valence-corrected chi connectivity index (χ2v) is 5.85. The Morgan fingerprint density at radius 2 is 1.67 bits per heavy atom. The van der Waals surface area contributed by atoms with Crippen LogP contribution in [-0.4, -0.2) is 49.1 Å². The average Bonchev–Trinajstić information content (AvgIpc) is 3.01. The Morgan fingerprint density at radius 1 is 1.08 bits per heavy atom. The predicted octanol–water partition coefficient (Wildman–Crippen LogP) is 3.00. The number of allylic oxidation sites excluding steroid dienone is 1. The highest BCUT2D eigenvalue weighted by atomic mass is 19.4. The van der Waals surface area contributed by atoms with E-state index in [0.717, 1.165) is 0 Å². The molecule has 3 rings (SSSR count). The summed E-state index contributed by atoms with van der Waals surface area (Å²) < 4.78 is 51.0. The van der Waals surface area contributed by atoms with Crippen molar-refractivity contribution in [3.63, 3.8) is 0 Å². The molecule has 0 radical (unpaired) electrons. The van der Waals surface area contributed by atoms with E-state index in [1.807, 2.05) is 0 Å². The maximum atomic E-state index is 13.3. The van der Waals surface area contributed by atoms with Gasteiger partial charge in [0.1, 0.15) is 0 Å². The Morgan fingerprint density at radius 3 is 2.21 bits per heavy atom. The minimum atomic E-state index is -4.59. The number of carbonyl (C=O) groups is 1. The van der Waals surface area contributed by atoms with Gasteiger partial charge in [-0.25, -0.2) is 0 Å². The number of rotatable bonds is 2. The SMILES string of the molecule is O=C(/C=C(/c1ccccc1)C(F)(F)F)N1CCC2(CC1)OCCO2. The van der Waals surface area contributed by atoms with Crippen LogP contribution in [0.2, 0.25) is 0 Å². The predicted molar refractivity (Wildman–Crippen MR) is 80.9 cm³/mol. The van der Waals surface area contributed by atoms with E-state index in [1.54, 1.807) is 6.07 Å². The van der Waals surface area contributed by atoms with Gasteiger partial charge < -0.3 is 14.4 Å². The minimum absolute atomic E-state index is 0.0192. The molecule has 2 aliphatic rings. The number of piperidine rings is 1. The molecule has 2 heterocycles. The molecule has 0 N–H and O–H groups in total. The number of carbonyl (C=O) groups excluding carboxylic acids is 1. The Labute approximate surface area is 137 Å². The van der Waals surface area contributed by atoms with Crippen molar-refractivity contribution in [1.29, 1.82) is 0 Å². The topological polar surface area (TPSA) is 38.8 Å². The van der Waals surface area contributed by atoms with E-state index in [2.05, 4.69) is 0 Å². The molecule has 0 atom stereocenters. The second-order valence-electron chi connectivity index (χ2n) is 5.85. The fourth-order valence-corrected chi connectivity index (χ4v) is 3.01. The summed E-state index contributed by atoms with van der Waals surface area (Å²) in [6, 6.07) is 7.35. The van der Waals surface area contributed by atoms with Crippen molar-refractivity contribution < 1.29 is 27.4 Å². The summed E-state index contributed by atoms with van der Waals surface area (Å²) in [5.41, 5.74) is -0.948. The number of hydrogen-bond acceptors (Lipinski definition) is 3. The van der Waals surface area contributed by atoms with Gasteiger partial charge in [0, 0.05) is 32.0 Å². The van der Waals surface area contributed by atoms with Crippen molar-refractivity contribution in [2.45, 2.75) is 24.8 Å². The van der Waals surface area contributed by atoms with Gasteiger partial charge in [-0.15, -0.1) is 0 Å². The fourth-order valence-electron chi connectivity index (χ4n) is 3.01. The fraction of sp³-hybridized carbons (Fsp3) is 0.471. The first kappa shape index (κ1) is 17.0. The summed E-state index contributed by atoms with van der Waals surface area (Å²) in [5.74, 6) is -1.30. The third-order valence-corrected chi connectivity index (χ3v) is 4.31. The van der Waals surface area contributed by atoms with Gasteiger partial charge in [0.15, 0.2) is 5.79 Å². The van der Waals surface area contributed by atoms with Crippen molar-refractivity contribution >= 4 is 11.5 Å². The summed E-state index contributed by atoms with van der Waals surface area (Å²) in [7, 11) is 0. The quantitative estimate of drug-likeness (QED) is 0.777. The molecule has 24 heavy (non-hydrogen) atoms. The zero-order chi connectivity index (χ0) is 17.2. The van der Waals surface area contributed by atoms with Crippen LogP contribution in [0.25, 0.3) is 5.57 Å². The van der Waals surface area contributed by atoms with Crippen LogP contribution in [0.3, 0.4) is 0 Å². The molecule has 4 nitrogen and oxygen atoms in total. The summed E-state index contributed by atoms with van der Waals surface area (Å²) in [4.78, 5) is 13.7. The lowest BCUT2D eigenvalue weighted by Gasteiger charge is -2.37. The minimum Gasteiger partial charge on any atom is -0.347 e. The Balaban J connectivity index is 1.74. The highest BCUT2D eigenvalue weighted by Crippen LogP contribution is 2.35. The van der Waals surface area contributed by atoms with Crippen LogP contribution in [0.1, 0.15) is 18.4 Å². The third kappa shape index (κ3) is 3.62. The summed E-state index contributed by atoms with van der Waals surface area (Å²) in [5, 5.41) is 0. The van der Waals surface area contributed by atoms with Crippen LogP contribution in [0.4, 0.5) is 13.2 Å². The Kier molecular flexibility index (Phi) is 4.64. The van der Waals surface area contributed by atoms with Crippen LogP contribution >= 0.6 is 0 Å². The van der Waals surface area contributed by atoms with Crippen LogP contribution in [0.5, 0.6) is 0 Å². The molecule has 2 fully saturated rings. The monoisotopic (exact) mass is 341 g/mol. The van der Waals surface area contributed by atoms with Crippen molar-refractivity contribution in [2.75, 3.05) is 26.3 Å². The molecular weight excluding hydrogens is 323 g/mol. The molecule has 0 unspecified atom stereocenters. The standard InChI is InChI=1S/C17H18F3NO3/c18-17(19,20)14(13-4-2-1-3-5-13)12-15(22)21-8-6-16(7-9-21)23-10-11-24-16/h1-5,12H,6-11H2/b14-12-. The molecule has 1 amide bonds. The van der Waals surface area contributed by atoms with Gasteiger partial charge in [-0.3, -0.25) is 4.79 Å². The molecule has 0 saturated carbocycles. The molecule has 1 spiro atoms. The number of halogens is 3. The van der Waals surface area contributed by atoms with E-state index in [1.165, 1.54) is 29.2 Å². The van der Waals surface area contributed by atoms with Crippen LogP contribution in [-0.2, 0) is 14.3 Å². The van der Waals surface area contributed by atoms with Gasteiger partial charge in [-0.05, 0) is 5.56 Å². The van der Waals surface area contributed by atoms with Crippen molar-refractivity contribution in [3.8, 4) is 0 Å². The van der Waals surface area contributed by atoms with Crippen LogP contribution < -0.4 is 0 Å². The van der Waals surface area contributed by atoms with E-state index in [9.17, 15) is 18.0 Å². The van der Waals surface area contributed by atoms with E-state index in [-0.39, 0.29) is 5.56 Å². The molecule has 0 aromatic heterocycles. The van der Waals surface area contributed by atoms with E-state index in [0.29, 0.717) is 45.2 Å². The summed E-state index contributed by atoms with van der Waals surface area (Å²) >= 11 is 0. The lowest BCUT2D eigenvalue weighted by molar-refractivity contribution is -0.186. The van der Waals surface area contributed by atoms with Gasteiger partial charge >= 0.3 is 6.18 Å². The van der Waals surface area contributed by atoms with Gasteiger partial charge in [0.05, 0.1) is 18.8 Å². The van der Waals surface area contributed by atoms with Gasteiger partial charge in [0.25, 0.3) is 0 Å². The normalized spacial score (nSPS) is 21.3. The van der Waals surface area contributed by atoms with E-state index < -0.39 is 23.4 Å². The molecule has 1 aromatic rings. The highest BCUT2D eigenvalue weighted by Gasteiger charge is 2.41. The molecule has 0 bridgehead atoms. The maximum absolute atomic E-state index is 13.3. The molecule has 0 aliphatic carbocycles. The van der Waals surface area contributed by atoms with Crippen LogP contribution in [0.15, 0.2) is 36.4 Å². The zero-order valence-corrected chi connectivity index (χ0v) is 13.0. The molecule has 2 aliphatic heterocycles.